The van der Waals surface area contributed by atoms with Gasteiger partial charge in [0, 0.05) is 0 Å². The van der Waals surface area contributed by atoms with Crippen LogP contribution in [0.5, 0.6) is 11.5 Å². The first kappa shape index (κ1) is 19.3. The Labute approximate surface area is 150 Å². The Morgan fingerprint density at radius 3 is 2.08 bits per heavy atom. The lowest BCUT2D eigenvalue weighted by Gasteiger charge is -2.16. The molecule has 0 amide bonds. The first-order chi connectivity index (χ1) is 12.1. The molecule has 2 aromatic carbocycles. The van der Waals surface area contributed by atoms with Gasteiger partial charge in [-0.05, 0) is 37.1 Å². The summed E-state index contributed by atoms with van der Waals surface area (Å²) in [7, 11) is -3.66. The van der Waals surface area contributed by atoms with Crippen molar-refractivity contribution >= 4 is 9.84 Å². The Balaban J connectivity index is 2.43. The van der Waals surface area contributed by atoms with Crippen LogP contribution in [-0.2, 0) is 9.84 Å². The highest BCUT2D eigenvalue weighted by molar-refractivity contribution is 7.91. The minimum atomic E-state index is -3.66. The predicted molar refractivity (Wildman–Crippen MR) is 99.1 cm³/mol. The normalized spacial score (nSPS) is 11.3. The van der Waals surface area contributed by atoms with E-state index in [1.807, 2.05) is 0 Å². The van der Waals surface area contributed by atoms with Crippen molar-refractivity contribution in [2.24, 2.45) is 0 Å². The summed E-state index contributed by atoms with van der Waals surface area (Å²) < 4.78 is 37.7. The number of hydrogen-bond donors (Lipinski definition) is 0. The van der Waals surface area contributed by atoms with E-state index in [2.05, 4.69) is 13.8 Å². The van der Waals surface area contributed by atoms with Crippen LogP contribution in [0.25, 0.3) is 0 Å². The molecule has 0 aromatic heterocycles. The third-order valence-electron chi connectivity index (χ3n) is 3.79. The minimum absolute atomic E-state index is 0.156. The molecule has 0 aliphatic carbocycles. The van der Waals surface area contributed by atoms with E-state index in [-0.39, 0.29) is 9.79 Å². The van der Waals surface area contributed by atoms with Gasteiger partial charge < -0.3 is 9.47 Å². The van der Waals surface area contributed by atoms with Crippen LogP contribution in [0.1, 0.15) is 39.5 Å². The van der Waals surface area contributed by atoms with E-state index in [1.165, 1.54) is 0 Å². The van der Waals surface area contributed by atoms with E-state index in [1.54, 1.807) is 48.5 Å². The molecule has 5 heteroatoms. The Morgan fingerprint density at radius 2 is 1.44 bits per heavy atom. The average Bonchev–Trinajstić information content (AvgIpc) is 2.63. The fourth-order valence-electron chi connectivity index (χ4n) is 2.33. The van der Waals surface area contributed by atoms with Crippen molar-refractivity contribution in [1.29, 1.82) is 0 Å². The zero-order valence-electron chi connectivity index (χ0n) is 14.9. The van der Waals surface area contributed by atoms with Crippen LogP contribution in [0, 0.1) is 0 Å². The van der Waals surface area contributed by atoms with Crippen molar-refractivity contribution < 1.29 is 17.9 Å². The van der Waals surface area contributed by atoms with E-state index in [0.29, 0.717) is 24.7 Å². The van der Waals surface area contributed by atoms with E-state index in [4.69, 9.17) is 9.47 Å². The second kappa shape index (κ2) is 9.47. The maximum absolute atomic E-state index is 13.0. The number of sulfone groups is 1. The van der Waals surface area contributed by atoms with Crippen molar-refractivity contribution in [3.8, 4) is 11.5 Å². The summed E-state index contributed by atoms with van der Waals surface area (Å²) in [6.07, 6.45) is 3.74. The number of hydrogen-bond acceptors (Lipinski definition) is 4. The molecule has 0 fully saturated rings. The highest BCUT2D eigenvalue weighted by atomic mass is 32.2. The Morgan fingerprint density at radius 1 is 0.800 bits per heavy atom. The van der Waals surface area contributed by atoms with Crippen molar-refractivity contribution in [2.45, 2.75) is 49.3 Å². The Bertz CT molecular complexity index is 755. The van der Waals surface area contributed by atoms with E-state index in [0.717, 1.165) is 25.7 Å². The van der Waals surface area contributed by atoms with Gasteiger partial charge in [-0.2, -0.15) is 0 Å². The molecule has 0 atom stereocenters. The van der Waals surface area contributed by atoms with Crippen LogP contribution in [0.2, 0.25) is 0 Å². The summed E-state index contributed by atoms with van der Waals surface area (Å²) in [6, 6.07) is 13.5. The van der Waals surface area contributed by atoms with Gasteiger partial charge in [0.15, 0.2) is 11.5 Å². The van der Waals surface area contributed by atoms with Gasteiger partial charge in [-0.1, -0.05) is 51.0 Å². The van der Waals surface area contributed by atoms with E-state index >= 15 is 0 Å². The molecular weight excluding hydrogens is 336 g/mol. The van der Waals surface area contributed by atoms with Gasteiger partial charge in [-0.25, -0.2) is 8.42 Å². The van der Waals surface area contributed by atoms with Gasteiger partial charge in [0.05, 0.1) is 18.1 Å². The molecular formula is C20H26O4S. The second-order valence-electron chi connectivity index (χ2n) is 5.80. The Kier molecular flexibility index (Phi) is 7.31. The van der Waals surface area contributed by atoms with Crippen molar-refractivity contribution in [3.63, 3.8) is 0 Å². The zero-order valence-corrected chi connectivity index (χ0v) is 15.7. The quantitative estimate of drug-likeness (QED) is 0.565. The van der Waals surface area contributed by atoms with Crippen molar-refractivity contribution in [2.75, 3.05) is 13.2 Å². The van der Waals surface area contributed by atoms with Crippen molar-refractivity contribution in [1.82, 2.24) is 0 Å². The number of rotatable bonds is 10. The molecule has 0 saturated carbocycles. The predicted octanol–water partition coefficient (Wildman–Crippen LogP) is 4.88. The largest absolute Gasteiger partial charge is 0.490 e. The lowest BCUT2D eigenvalue weighted by atomic mass is 10.3. The summed E-state index contributed by atoms with van der Waals surface area (Å²) in [6.45, 7) is 5.14. The summed E-state index contributed by atoms with van der Waals surface area (Å²) in [5, 5.41) is 0. The number of unbranched alkanes of at least 4 members (excludes halogenated alkanes) is 2. The molecule has 0 spiro atoms. The molecule has 2 aromatic rings. The van der Waals surface area contributed by atoms with Crippen LogP contribution in [0.15, 0.2) is 58.3 Å². The highest BCUT2D eigenvalue weighted by Crippen LogP contribution is 2.37. The molecule has 0 saturated heterocycles. The summed E-state index contributed by atoms with van der Waals surface area (Å²) in [4.78, 5) is 0.407. The lowest BCUT2D eigenvalue weighted by molar-refractivity contribution is 0.256. The molecule has 4 nitrogen and oxygen atoms in total. The molecule has 0 bridgehead atoms. The molecule has 0 aliphatic heterocycles. The maximum Gasteiger partial charge on any atom is 0.210 e. The molecule has 0 N–H and O–H groups in total. The zero-order chi connectivity index (χ0) is 18.1. The second-order valence-corrected chi connectivity index (χ2v) is 7.72. The molecule has 2 rings (SSSR count). The first-order valence-corrected chi connectivity index (χ1v) is 10.3. The maximum atomic E-state index is 13.0. The number of benzene rings is 2. The van der Waals surface area contributed by atoms with E-state index in [9.17, 15) is 8.42 Å². The van der Waals surface area contributed by atoms with Gasteiger partial charge in [-0.3, -0.25) is 0 Å². The van der Waals surface area contributed by atoms with Gasteiger partial charge in [0.25, 0.3) is 0 Å². The standard InChI is InChI=1S/C20H26O4S/c1-3-5-15-23-18-13-10-14-19(20(18)24-16-6-4-2)25(21,22)17-11-8-7-9-12-17/h7-14H,3-6,15-16H2,1-2H3. The molecule has 136 valence electrons. The average molecular weight is 362 g/mol. The van der Waals surface area contributed by atoms with Crippen molar-refractivity contribution in [3.05, 3.63) is 48.5 Å². The molecule has 0 aliphatic rings. The molecule has 0 unspecified atom stereocenters. The molecule has 25 heavy (non-hydrogen) atoms. The van der Waals surface area contributed by atoms with Crippen LogP contribution < -0.4 is 9.47 Å². The van der Waals surface area contributed by atoms with Crippen LogP contribution in [0.4, 0.5) is 0 Å². The molecule has 0 radical (unpaired) electrons. The van der Waals surface area contributed by atoms with Gasteiger partial charge in [0.1, 0.15) is 4.90 Å². The minimum Gasteiger partial charge on any atom is -0.490 e. The van der Waals surface area contributed by atoms with Gasteiger partial charge >= 0.3 is 0 Å². The third-order valence-corrected chi connectivity index (χ3v) is 5.58. The topological polar surface area (TPSA) is 52.6 Å². The Hall–Kier alpha value is -2.01. The van der Waals surface area contributed by atoms with E-state index < -0.39 is 9.84 Å². The highest BCUT2D eigenvalue weighted by Gasteiger charge is 2.25. The third kappa shape index (κ3) is 4.98. The number of ether oxygens (including phenoxy) is 2. The fourth-order valence-corrected chi connectivity index (χ4v) is 3.77. The lowest BCUT2D eigenvalue weighted by Crippen LogP contribution is -2.09. The monoisotopic (exact) mass is 362 g/mol. The smallest absolute Gasteiger partial charge is 0.210 e. The molecule has 0 heterocycles. The fraction of sp³-hybridized carbons (Fsp3) is 0.400. The first-order valence-electron chi connectivity index (χ1n) is 8.80. The van der Waals surface area contributed by atoms with Gasteiger partial charge in [-0.15, -0.1) is 0 Å². The summed E-state index contributed by atoms with van der Waals surface area (Å²) in [5.74, 6) is 0.803. The van der Waals surface area contributed by atoms with Crippen LogP contribution >= 0.6 is 0 Å². The van der Waals surface area contributed by atoms with Crippen LogP contribution in [-0.4, -0.2) is 21.6 Å². The summed E-state index contributed by atoms with van der Waals surface area (Å²) >= 11 is 0. The van der Waals surface area contributed by atoms with Gasteiger partial charge in [0.2, 0.25) is 9.84 Å². The SMILES string of the molecule is CCCCOc1cccc(S(=O)(=O)c2ccccc2)c1OCCCC. The van der Waals surface area contributed by atoms with Crippen LogP contribution in [0.3, 0.4) is 0 Å². The number of para-hydroxylation sites is 1. The summed E-state index contributed by atoms with van der Waals surface area (Å²) in [5.41, 5.74) is 0.